The number of H-pyrrole nitrogens is 1. The number of aromatic nitrogens is 1. The van der Waals surface area contributed by atoms with E-state index < -0.39 is 23.3 Å². The maximum Gasteiger partial charge on any atom is 0.166 e. The minimum Gasteiger partial charge on any atom is -0.361 e. The van der Waals surface area contributed by atoms with Crippen molar-refractivity contribution in [1.29, 1.82) is 5.26 Å². The van der Waals surface area contributed by atoms with Gasteiger partial charge in [-0.15, -0.1) is 0 Å². The van der Waals surface area contributed by atoms with Crippen LogP contribution in [0.4, 0.5) is 8.78 Å². The molecule has 3 rings (SSSR count). The van der Waals surface area contributed by atoms with Crippen LogP contribution in [-0.2, 0) is 4.79 Å². The van der Waals surface area contributed by atoms with E-state index in [1.807, 2.05) is 6.07 Å². The number of hydrogen-bond donors (Lipinski definition) is 1. The van der Waals surface area contributed by atoms with Gasteiger partial charge in [0.05, 0.1) is 23.1 Å². The van der Waals surface area contributed by atoms with Crippen molar-refractivity contribution in [2.75, 3.05) is 0 Å². The third-order valence-corrected chi connectivity index (χ3v) is 4.33. The van der Waals surface area contributed by atoms with Crippen LogP contribution < -0.4 is 0 Å². The number of halogens is 2. The van der Waals surface area contributed by atoms with Gasteiger partial charge in [-0.25, -0.2) is 8.78 Å². The van der Waals surface area contributed by atoms with E-state index in [0.717, 1.165) is 17.5 Å². The predicted octanol–water partition coefficient (Wildman–Crippen LogP) is 4.26. The van der Waals surface area contributed by atoms with Crippen LogP contribution in [0.2, 0.25) is 0 Å². The molecule has 0 aliphatic heterocycles. The first-order valence-corrected chi connectivity index (χ1v) is 7.90. The molecule has 26 heavy (non-hydrogen) atoms. The second kappa shape index (κ2) is 6.89. The summed E-state index contributed by atoms with van der Waals surface area (Å²) in [6, 6.07) is 9.75. The van der Waals surface area contributed by atoms with Crippen molar-refractivity contribution in [3.8, 4) is 6.07 Å². The normalized spacial score (nSPS) is 11.9. The zero-order valence-corrected chi connectivity index (χ0v) is 13.8. The zero-order valence-electron chi connectivity index (χ0n) is 13.8. The van der Waals surface area contributed by atoms with E-state index in [0.29, 0.717) is 22.7 Å². The second-order valence-corrected chi connectivity index (χ2v) is 6.03. The molecular weight excluding hydrogens is 338 g/mol. The van der Waals surface area contributed by atoms with E-state index in [9.17, 15) is 18.4 Å². The summed E-state index contributed by atoms with van der Waals surface area (Å²) in [6.07, 6.45) is 1.39. The van der Waals surface area contributed by atoms with E-state index in [1.165, 1.54) is 6.92 Å². The Morgan fingerprint density at radius 2 is 1.96 bits per heavy atom. The topological polar surface area (TPSA) is 73.7 Å². The van der Waals surface area contributed by atoms with Crippen molar-refractivity contribution in [2.24, 2.45) is 0 Å². The van der Waals surface area contributed by atoms with Crippen molar-refractivity contribution in [2.45, 2.75) is 19.3 Å². The first kappa shape index (κ1) is 17.5. The van der Waals surface area contributed by atoms with Crippen molar-refractivity contribution in [3.05, 3.63) is 70.9 Å². The summed E-state index contributed by atoms with van der Waals surface area (Å²) in [7, 11) is 0. The second-order valence-electron chi connectivity index (χ2n) is 6.03. The van der Waals surface area contributed by atoms with Crippen LogP contribution in [0, 0.1) is 23.0 Å². The molecule has 1 atom stereocenters. The highest BCUT2D eigenvalue weighted by Gasteiger charge is 2.25. The largest absolute Gasteiger partial charge is 0.361 e. The molecule has 0 radical (unpaired) electrons. The average Bonchev–Trinajstić information content (AvgIpc) is 3.01. The smallest absolute Gasteiger partial charge is 0.166 e. The first-order valence-electron chi connectivity index (χ1n) is 7.90. The third kappa shape index (κ3) is 3.24. The molecule has 2 aromatic carbocycles. The lowest BCUT2D eigenvalue weighted by molar-refractivity contribution is -0.118. The quantitative estimate of drug-likeness (QED) is 0.697. The first-order chi connectivity index (χ1) is 12.4. The van der Waals surface area contributed by atoms with Crippen LogP contribution in [0.5, 0.6) is 0 Å². The number of carbonyl (C=O) groups is 2. The Balaban J connectivity index is 1.97. The number of fused-ring (bicyclic) bond motifs is 1. The number of nitrogens with one attached hydrogen (secondary N) is 1. The number of benzene rings is 2. The van der Waals surface area contributed by atoms with Gasteiger partial charge in [-0.2, -0.15) is 5.26 Å². The lowest BCUT2D eigenvalue weighted by Crippen LogP contribution is -2.15. The molecule has 0 aliphatic carbocycles. The summed E-state index contributed by atoms with van der Waals surface area (Å²) in [6.45, 7) is 1.36. The van der Waals surface area contributed by atoms with Crippen molar-refractivity contribution in [1.82, 2.24) is 4.98 Å². The molecule has 130 valence electrons. The van der Waals surface area contributed by atoms with E-state index in [2.05, 4.69) is 4.98 Å². The molecule has 0 bridgehead atoms. The molecule has 6 heteroatoms. The number of hydrogen-bond acceptors (Lipinski definition) is 3. The molecule has 0 spiro atoms. The predicted molar refractivity (Wildman–Crippen MR) is 91.7 cm³/mol. The summed E-state index contributed by atoms with van der Waals surface area (Å²) in [5.74, 6) is -3.31. The summed E-state index contributed by atoms with van der Waals surface area (Å²) in [5.41, 5.74) is 1.50. The number of nitrogens with zero attached hydrogens (tertiary/aromatic N) is 1. The Hall–Kier alpha value is -3.33. The SMILES string of the molecule is CC(=O)C(CC(=O)c1ccc(F)cc1F)c1c[nH]c2cc(C#N)ccc12. The number of ketones is 2. The van der Waals surface area contributed by atoms with E-state index in [4.69, 9.17) is 5.26 Å². The molecule has 0 amide bonds. The molecule has 1 N–H and O–H groups in total. The Kier molecular flexibility index (Phi) is 4.63. The number of aromatic amines is 1. The van der Waals surface area contributed by atoms with Gasteiger partial charge in [0.15, 0.2) is 5.78 Å². The molecule has 0 aliphatic rings. The van der Waals surface area contributed by atoms with E-state index in [1.54, 1.807) is 24.4 Å². The van der Waals surface area contributed by atoms with E-state index >= 15 is 0 Å². The van der Waals surface area contributed by atoms with Crippen molar-refractivity contribution >= 4 is 22.5 Å². The summed E-state index contributed by atoms with van der Waals surface area (Å²) < 4.78 is 26.9. The van der Waals surface area contributed by atoms with Gasteiger partial charge in [0, 0.05) is 29.6 Å². The Bertz CT molecular complexity index is 1060. The fourth-order valence-corrected chi connectivity index (χ4v) is 2.99. The molecule has 3 aromatic rings. The highest BCUT2D eigenvalue weighted by atomic mass is 19.1. The van der Waals surface area contributed by atoms with E-state index in [-0.39, 0.29) is 17.8 Å². The van der Waals surface area contributed by atoms with Crippen molar-refractivity contribution < 1.29 is 18.4 Å². The fourth-order valence-electron chi connectivity index (χ4n) is 2.99. The van der Waals surface area contributed by atoms with Crippen LogP contribution in [0.25, 0.3) is 10.9 Å². The number of carbonyl (C=O) groups excluding carboxylic acids is 2. The van der Waals surface area contributed by atoms with Crippen LogP contribution >= 0.6 is 0 Å². The monoisotopic (exact) mass is 352 g/mol. The molecule has 4 nitrogen and oxygen atoms in total. The molecule has 1 unspecified atom stereocenters. The Morgan fingerprint density at radius 1 is 1.19 bits per heavy atom. The van der Waals surface area contributed by atoms with Crippen LogP contribution in [0.1, 0.15) is 40.7 Å². The van der Waals surface area contributed by atoms with Crippen molar-refractivity contribution in [3.63, 3.8) is 0 Å². The lowest BCUT2D eigenvalue weighted by atomic mass is 9.88. The molecular formula is C20H14F2N2O2. The minimum absolute atomic E-state index is 0.231. The number of nitriles is 1. The minimum atomic E-state index is -0.949. The molecule has 0 saturated heterocycles. The molecule has 0 fully saturated rings. The Labute approximate surface area is 148 Å². The van der Waals surface area contributed by atoms with Gasteiger partial charge < -0.3 is 4.98 Å². The lowest BCUT2D eigenvalue weighted by Gasteiger charge is -2.13. The van der Waals surface area contributed by atoms with Crippen LogP contribution in [0.15, 0.2) is 42.6 Å². The fraction of sp³-hybridized carbons (Fsp3) is 0.150. The maximum absolute atomic E-state index is 13.8. The highest BCUT2D eigenvalue weighted by molar-refractivity contribution is 6.01. The van der Waals surface area contributed by atoms with Gasteiger partial charge in [-0.3, -0.25) is 9.59 Å². The van der Waals surface area contributed by atoms with Gasteiger partial charge in [-0.1, -0.05) is 6.07 Å². The van der Waals surface area contributed by atoms with Gasteiger partial charge >= 0.3 is 0 Å². The van der Waals surface area contributed by atoms with Gasteiger partial charge in [0.2, 0.25) is 0 Å². The maximum atomic E-state index is 13.8. The zero-order chi connectivity index (χ0) is 18.8. The Morgan fingerprint density at radius 3 is 2.62 bits per heavy atom. The third-order valence-electron chi connectivity index (χ3n) is 4.33. The van der Waals surface area contributed by atoms with Crippen LogP contribution in [-0.4, -0.2) is 16.6 Å². The molecule has 0 saturated carbocycles. The highest BCUT2D eigenvalue weighted by Crippen LogP contribution is 2.30. The summed E-state index contributed by atoms with van der Waals surface area (Å²) in [5, 5.41) is 9.69. The average molecular weight is 352 g/mol. The van der Waals surface area contributed by atoms with Gasteiger partial charge in [0.25, 0.3) is 0 Å². The van der Waals surface area contributed by atoms with Gasteiger partial charge in [-0.05, 0) is 36.8 Å². The number of rotatable bonds is 5. The summed E-state index contributed by atoms with van der Waals surface area (Å²) in [4.78, 5) is 27.6. The summed E-state index contributed by atoms with van der Waals surface area (Å²) >= 11 is 0. The van der Waals surface area contributed by atoms with Crippen LogP contribution in [0.3, 0.4) is 0 Å². The standard InChI is InChI=1S/C20H14F2N2O2/c1-11(25)16(8-20(26)15-5-3-13(21)7-18(15)22)17-10-24-19-6-12(9-23)2-4-14(17)19/h2-7,10,16,24H,8H2,1H3. The molecule has 1 aromatic heterocycles. The molecule has 1 heterocycles. The number of Topliss-reactive ketones (excluding diaryl/α,β-unsaturated/α-hetero) is 2. The van der Waals surface area contributed by atoms with Gasteiger partial charge in [0.1, 0.15) is 17.4 Å².